The van der Waals surface area contributed by atoms with Crippen LogP contribution in [0.3, 0.4) is 0 Å². The lowest BCUT2D eigenvalue weighted by Gasteiger charge is -2.19. The molecule has 0 bridgehead atoms. The Kier molecular flexibility index (Phi) is 10.7. The standard InChI is InChI=1S/C20H34O5/c1-2-3-6-9-15(21)12-13-17-16(18(22)14-19(17)23)10-7-4-5-8-11-20(24)25/h4,7,12-13,15-19,21-23H,2-3,5-6,8-11,14H2,1H3,(H,24,25)/b7-4+,13-12?/t15-,16+,17+,18-,19-/m0/s1. The van der Waals surface area contributed by atoms with Gasteiger partial charge in [0.15, 0.2) is 0 Å². The van der Waals surface area contributed by atoms with Crippen LogP contribution >= 0.6 is 0 Å². The fourth-order valence-electron chi connectivity index (χ4n) is 3.41. The average molecular weight is 354 g/mol. The van der Waals surface area contributed by atoms with E-state index in [0.717, 1.165) is 25.7 Å². The van der Waals surface area contributed by atoms with E-state index >= 15 is 0 Å². The Hall–Kier alpha value is -1.17. The van der Waals surface area contributed by atoms with Crippen molar-refractivity contribution in [2.24, 2.45) is 11.8 Å². The molecule has 144 valence electrons. The number of carbonyl (C=O) groups is 1. The number of carboxylic acid groups (broad SMARTS) is 1. The summed E-state index contributed by atoms with van der Waals surface area (Å²) < 4.78 is 0. The van der Waals surface area contributed by atoms with E-state index < -0.39 is 24.3 Å². The highest BCUT2D eigenvalue weighted by atomic mass is 16.4. The van der Waals surface area contributed by atoms with E-state index in [1.165, 1.54) is 0 Å². The van der Waals surface area contributed by atoms with Crippen molar-refractivity contribution < 1.29 is 25.2 Å². The molecule has 0 radical (unpaired) electrons. The van der Waals surface area contributed by atoms with Gasteiger partial charge in [0.05, 0.1) is 18.3 Å². The van der Waals surface area contributed by atoms with E-state index in [1.807, 2.05) is 18.2 Å². The van der Waals surface area contributed by atoms with Crippen LogP contribution in [0.1, 0.15) is 64.7 Å². The molecular weight excluding hydrogens is 320 g/mol. The number of aliphatic hydroxyl groups is 3. The third-order valence-electron chi connectivity index (χ3n) is 4.91. The van der Waals surface area contributed by atoms with Gasteiger partial charge in [-0.2, -0.15) is 0 Å². The van der Waals surface area contributed by atoms with Gasteiger partial charge in [0.1, 0.15) is 0 Å². The number of carboxylic acids is 1. The lowest BCUT2D eigenvalue weighted by atomic mass is 9.89. The third-order valence-corrected chi connectivity index (χ3v) is 4.91. The lowest BCUT2D eigenvalue weighted by molar-refractivity contribution is -0.137. The van der Waals surface area contributed by atoms with Crippen LogP contribution in [0.2, 0.25) is 0 Å². The zero-order valence-corrected chi connectivity index (χ0v) is 15.3. The van der Waals surface area contributed by atoms with Gasteiger partial charge in [-0.3, -0.25) is 4.79 Å². The maximum Gasteiger partial charge on any atom is 0.303 e. The second-order valence-electron chi connectivity index (χ2n) is 7.05. The molecule has 0 aliphatic heterocycles. The second-order valence-corrected chi connectivity index (χ2v) is 7.05. The number of rotatable bonds is 12. The van der Waals surface area contributed by atoms with Crippen LogP contribution in [-0.4, -0.2) is 44.7 Å². The van der Waals surface area contributed by atoms with Crippen LogP contribution < -0.4 is 0 Å². The zero-order chi connectivity index (χ0) is 18.7. The van der Waals surface area contributed by atoms with Crippen molar-refractivity contribution in [3.05, 3.63) is 24.3 Å². The van der Waals surface area contributed by atoms with Crippen molar-refractivity contribution in [3.8, 4) is 0 Å². The molecule has 25 heavy (non-hydrogen) atoms. The second kappa shape index (κ2) is 12.2. The summed E-state index contributed by atoms with van der Waals surface area (Å²) in [6, 6.07) is 0. The molecule has 5 nitrogen and oxygen atoms in total. The predicted molar refractivity (Wildman–Crippen MR) is 98.1 cm³/mol. The first-order valence-corrected chi connectivity index (χ1v) is 9.55. The van der Waals surface area contributed by atoms with E-state index in [-0.39, 0.29) is 18.3 Å². The van der Waals surface area contributed by atoms with Gasteiger partial charge >= 0.3 is 5.97 Å². The normalized spacial score (nSPS) is 28.2. The number of hydrogen-bond donors (Lipinski definition) is 4. The maximum atomic E-state index is 10.5. The van der Waals surface area contributed by atoms with Gasteiger partial charge in [-0.1, -0.05) is 50.5 Å². The SMILES string of the molecule is CCCCC[C@H](O)C=C[C@@H]1[C@@H](C/C=C/CCCC(=O)O)[C@@H](O)C[C@@H]1O. The highest BCUT2D eigenvalue weighted by Crippen LogP contribution is 2.36. The molecule has 1 saturated carbocycles. The van der Waals surface area contributed by atoms with Gasteiger partial charge in [0, 0.05) is 18.8 Å². The Balaban J connectivity index is 2.46. The van der Waals surface area contributed by atoms with Crippen LogP contribution in [0.25, 0.3) is 0 Å². The molecule has 1 rings (SSSR count). The summed E-state index contributed by atoms with van der Waals surface area (Å²) in [6.07, 6.45) is 12.3. The van der Waals surface area contributed by atoms with Gasteiger partial charge in [0.2, 0.25) is 0 Å². The minimum Gasteiger partial charge on any atom is -0.481 e. The van der Waals surface area contributed by atoms with Gasteiger partial charge in [-0.25, -0.2) is 0 Å². The fraction of sp³-hybridized carbons (Fsp3) is 0.750. The average Bonchev–Trinajstić information content (AvgIpc) is 2.82. The molecule has 1 aliphatic carbocycles. The number of hydrogen-bond acceptors (Lipinski definition) is 4. The van der Waals surface area contributed by atoms with Crippen molar-refractivity contribution in [1.29, 1.82) is 0 Å². The number of aliphatic hydroxyl groups excluding tert-OH is 3. The van der Waals surface area contributed by atoms with E-state index in [1.54, 1.807) is 6.08 Å². The number of unbranched alkanes of at least 4 members (excludes halogenated alkanes) is 3. The summed E-state index contributed by atoms with van der Waals surface area (Å²) in [4.78, 5) is 10.5. The van der Waals surface area contributed by atoms with Crippen molar-refractivity contribution in [3.63, 3.8) is 0 Å². The molecule has 0 aromatic carbocycles. The maximum absolute atomic E-state index is 10.5. The summed E-state index contributed by atoms with van der Waals surface area (Å²) in [5, 5.41) is 39.0. The van der Waals surface area contributed by atoms with E-state index in [9.17, 15) is 20.1 Å². The summed E-state index contributed by atoms with van der Waals surface area (Å²) >= 11 is 0. The van der Waals surface area contributed by atoms with Gasteiger partial charge in [0.25, 0.3) is 0 Å². The smallest absolute Gasteiger partial charge is 0.303 e. The van der Waals surface area contributed by atoms with Crippen LogP contribution in [0, 0.1) is 11.8 Å². The first kappa shape index (κ1) is 21.9. The Morgan fingerprint density at radius 1 is 1.16 bits per heavy atom. The Bertz CT molecular complexity index is 432. The van der Waals surface area contributed by atoms with Crippen molar-refractivity contribution in [2.45, 2.75) is 83.0 Å². The number of allylic oxidation sites excluding steroid dienone is 2. The first-order chi connectivity index (χ1) is 12.0. The Morgan fingerprint density at radius 2 is 1.92 bits per heavy atom. The van der Waals surface area contributed by atoms with Crippen LogP contribution in [-0.2, 0) is 4.79 Å². The summed E-state index contributed by atoms with van der Waals surface area (Å²) in [6.45, 7) is 2.12. The molecule has 0 aromatic heterocycles. The molecular formula is C20H34O5. The van der Waals surface area contributed by atoms with Gasteiger partial charge < -0.3 is 20.4 Å². The molecule has 0 unspecified atom stereocenters. The summed E-state index contributed by atoms with van der Waals surface area (Å²) in [5.41, 5.74) is 0. The van der Waals surface area contributed by atoms with E-state index in [4.69, 9.17) is 5.11 Å². The molecule has 0 saturated heterocycles. The lowest BCUT2D eigenvalue weighted by Crippen LogP contribution is -2.20. The monoisotopic (exact) mass is 354 g/mol. The van der Waals surface area contributed by atoms with E-state index in [2.05, 4.69) is 6.92 Å². The minimum absolute atomic E-state index is 0.0650. The van der Waals surface area contributed by atoms with Crippen LogP contribution in [0.5, 0.6) is 0 Å². The third kappa shape index (κ3) is 8.66. The van der Waals surface area contributed by atoms with E-state index in [0.29, 0.717) is 25.7 Å². The quantitative estimate of drug-likeness (QED) is 0.319. The molecule has 4 N–H and O–H groups in total. The molecule has 0 spiro atoms. The summed E-state index contributed by atoms with van der Waals surface area (Å²) in [7, 11) is 0. The van der Waals surface area contributed by atoms with Gasteiger partial charge in [-0.05, 0) is 31.6 Å². The van der Waals surface area contributed by atoms with Gasteiger partial charge in [-0.15, -0.1) is 0 Å². The first-order valence-electron chi connectivity index (χ1n) is 9.55. The fourth-order valence-corrected chi connectivity index (χ4v) is 3.41. The van der Waals surface area contributed by atoms with Crippen molar-refractivity contribution in [1.82, 2.24) is 0 Å². The Labute approximate surface area is 151 Å². The topological polar surface area (TPSA) is 98.0 Å². The Morgan fingerprint density at radius 3 is 2.60 bits per heavy atom. The molecule has 0 aromatic rings. The van der Waals surface area contributed by atoms with Crippen LogP contribution in [0.4, 0.5) is 0 Å². The summed E-state index contributed by atoms with van der Waals surface area (Å²) in [5.74, 6) is -1.00. The predicted octanol–water partition coefficient (Wildman–Crippen LogP) is 3.04. The molecule has 1 aliphatic rings. The zero-order valence-electron chi connectivity index (χ0n) is 15.3. The molecule has 0 heterocycles. The largest absolute Gasteiger partial charge is 0.481 e. The molecule has 0 amide bonds. The molecule has 5 atom stereocenters. The minimum atomic E-state index is -0.787. The highest BCUT2D eigenvalue weighted by Gasteiger charge is 2.39. The molecule has 1 fully saturated rings. The number of aliphatic carboxylic acids is 1. The molecule has 5 heteroatoms. The highest BCUT2D eigenvalue weighted by molar-refractivity contribution is 5.66. The van der Waals surface area contributed by atoms with Crippen LogP contribution in [0.15, 0.2) is 24.3 Å². The van der Waals surface area contributed by atoms with Crippen molar-refractivity contribution in [2.75, 3.05) is 0 Å². The van der Waals surface area contributed by atoms with Crippen molar-refractivity contribution >= 4 is 5.97 Å².